The zero-order chi connectivity index (χ0) is 18.4. The molecule has 1 N–H and O–H groups in total. The predicted octanol–water partition coefficient (Wildman–Crippen LogP) is 1.87. The molecule has 2 aromatic heterocycles. The lowest BCUT2D eigenvalue weighted by molar-refractivity contribution is -0.250. The third kappa shape index (κ3) is 5.05. The molecule has 25 heavy (non-hydrogen) atoms. The first-order valence-electron chi connectivity index (χ1n) is 6.81. The zero-order valence-corrected chi connectivity index (χ0v) is 13.2. The van der Waals surface area contributed by atoms with Crippen LogP contribution in [0.5, 0.6) is 5.88 Å². The number of carboxylic acid groups (broad SMARTS) is 1. The summed E-state index contributed by atoms with van der Waals surface area (Å²) in [5.41, 5.74) is -1.37. The van der Waals surface area contributed by atoms with Crippen molar-refractivity contribution >= 4 is 17.6 Å². The number of ether oxygens (including phenoxy) is 1. The number of hydrogen-bond donors (Lipinski definition) is 1. The molecule has 7 nitrogen and oxygen atoms in total. The summed E-state index contributed by atoms with van der Waals surface area (Å²) in [4.78, 5) is 14.3. The fourth-order valence-electron chi connectivity index (χ4n) is 1.86. The maximum atomic E-state index is 12.8. The van der Waals surface area contributed by atoms with E-state index in [0.29, 0.717) is 10.9 Å². The lowest BCUT2D eigenvalue weighted by atomic mass is 10.2. The highest BCUT2D eigenvalue weighted by Crippen LogP contribution is 2.32. The number of alkyl halides is 3. The molecular weight excluding hydrogens is 361 g/mol. The highest BCUT2D eigenvalue weighted by Gasteiger charge is 2.33. The number of aromatic nitrogens is 2. The minimum atomic E-state index is -4.69. The van der Waals surface area contributed by atoms with Gasteiger partial charge in [0.1, 0.15) is 29.5 Å². The van der Waals surface area contributed by atoms with E-state index in [1.165, 1.54) is 6.20 Å². The lowest BCUT2D eigenvalue weighted by Gasteiger charge is -2.19. The number of nitriles is 1. The minimum absolute atomic E-state index is 0.0637. The molecule has 0 saturated carbocycles. The van der Waals surface area contributed by atoms with Crippen molar-refractivity contribution in [2.45, 2.75) is 18.7 Å². The molecule has 0 fully saturated rings. The van der Waals surface area contributed by atoms with Crippen LogP contribution >= 0.6 is 11.5 Å². The van der Waals surface area contributed by atoms with Gasteiger partial charge in [-0.25, -0.2) is 9.36 Å². The van der Waals surface area contributed by atoms with Crippen LogP contribution in [0.25, 0.3) is 0 Å². The van der Waals surface area contributed by atoms with Gasteiger partial charge in [0, 0.05) is 19.2 Å². The van der Waals surface area contributed by atoms with E-state index in [0.717, 1.165) is 17.6 Å². The predicted molar refractivity (Wildman–Crippen MR) is 77.5 cm³/mol. The summed E-state index contributed by atoms with van der Waals surface area (Å²) in [6.45, 7) is -0.0637. The van der Waals surface area contributed by atoms with Crippen LogP contribution in [0, 0.1) is 11.3 Å². The Hall–Kier alpha value is -2.87. The number of carbonyl (C=O) groups is 1. The Morgan fingerprint density at radius 2 is 2.20 bits per heavy atom. The van der Waals surface area contributed by atoms with Crippen molar-refractivity contribution < 1.29 is 27.8 Å². The Kier molecular flexibility index (Phi) is 5.76. The van der Waals surface area contributed by atoms with E-state index in [2.05, 4.69) is 9.36 Å². The van der Waals surface area contributed by atoms with Crippen molar-refractivity contribution in [1.82, 2.24) is 14.7 Å². The van der Waals surface area contributed by atoms with Gasteiger partial charge in [-0.2, -0.15) is 18.4 Å². The van der Waals surface area contributed by atoms with Gasteiger partial charge in [0.2, 0.25) is 5.88 Å². The number of amides is 1. The van der Waals surface area contributed by atoms with Crippen LogP contribution in [-0.2, 0) is 6.18 Å². The van der Waals surface area contributed by atoms with E-state index in [1.807, 2.05) is 5.32 Å². The first-order chi connectivity index (χ1) is 11.8. The van der Waals surface area contributed by atoms with Crippen LogP contribution in [0.4, 0.5) is 18.0 Å². The molecule has 0 aromatic carbocycles. The molecule has 11 heteroatoms. The third-order valence-corrected chi connectivity index (χ3v) is 3.81. The first kappa shape index (κ1) is 18.5. The Balaban J connectivity index is 2.28. The summed E-state index contributed by atoms with van der Waals surface area (Å²) < 4.78 is 47.8. The van der Waals surface area contributed by atoms with Crippen molar-refractivity contribution in [3.63, 3.8) is 0 Å². The van der Waals surface area contributed by atoms with Crippen molar-refractivity contribution in [2.75, 3.05) is 6.54 Å². The van der Waals surface area contributed by atoms with Crippen LogP contribution < -0.4 is 15.2 Å². The normalized spacial score (nSPS) is 12.2. The zero-order valence-electron chi connectivity index (χ0n) is 12.4. The molecule has 0 radical (unpaired) electrons. The van der Waals surface area contributed by atoms with Crippen LogP contribution in [0.2, 0.25) is 0 Å². The average molecular weight is 371 g/mol. The summed E-state index contributed by atoms with van der Waals surface area (Å²) in [6.07, 6.45) is -5.46. The van der Waals surface area contributed by atoms with Gasteiger partial charge in [-0.05, 0) is 29.7 Å². The van der Waals surface area contributed by atoms with E-state index in [9.17, 15) is 23.1 Å². The standard InChI is InChI=1S/C14H11F3N4O3S/c15-14(16,17)11-2-1-8(7-18)12(21-11)24-9(3-5-19-13(22)23)10-4-6-20-25-10/h1-2,4,6,9,19H,3,5H2,(H,22,23)/p-1. The third-order valence-electron chi connectivity index (χ3n) is 2.98. The van der Waals surface area contributed by atoms with Crippen LogP contribution in [0.1, 0.15) is 28.7 Å². The van der Waals surface area contributed by atoms with Gasteiger partial charge >= 0.3 is 6.18 Å². The highest BCUT2D eigenvalue weighted by molar-refractivity contribution is 7.05. The second-order valence-electron chi connectivity index (χ2n) is 4.68. The fraction of sp³-hybridized carbons (Fsp3) is 0.286. The summed E-state index contributed by atoms with van der Waals surface area (Å²) >= 11 is 1.03. The molecule has 0 aliphatic heterocycles. The SMILES string of the molecule is N#Cc1ccc(C(F)(F)F)nc1OC(CCNC(=O)[O-])c1ccns1. The first-order valence-corrected chi connectivity index (χ1v) is 7.59. The quantitative estimate of drug-likeness (QED) is 0.830. The van der Waals surface area contributed by atoms with Gasteiger partial charge in [0.25, 0.3) is 0 Å². The number of halogens is 3. The van der Waals surface area contributed by atoms with Crippen LogP contribution in [-0.4, -0.2) is 22.0 Å². The maximum absolute atomic E-state index is 12.8. The van der Waals surface area contributed by atoms with Gasteiger partial charge < -0.3 is 20.0 Å². The van der Waals surface area contributed by atoms with E-state index < -0.39 is 29.9 Å². The second-order valence-corrected chi connectivity index (χ2v) is 5.55. The number of nitrogens with zero attached hydrogens (tertiary/aromatic N) is 3. The highest BCUT2D eigenvalue weighted by atomic mass is 32.1. The smallest absolute Gasteiger partial charge is 0.433 e. The van der Waals surface area contributed by atoms with Gasteiger partial charge in [0.15, 0.2) is 0 Å². The van der Waals surface area contributed by atoms with Crippen LogP contribution in [0.15, 0.2) is 24.4 Å². The summed E-state index contributed by atoms with van der Waals surface area (Å²) in [7, 11) is 0. The Morgan fingerprint density at radius 3 is 2.76 bits per heavy atom. The molecule has 0 bridgehead atoms. The number of rotatable bonds is 6. The molecular formula is C14H10F3N4O3S-. The molecule has 1 amide bonds. The molecule has 1 unspecified atom stereocenters. The van der Waals surface area contributed by atoms with E-state index in [1.54, 1.807) is 12.1 Å². The molecule has 132 valence electrons. The van der Waals surface area contributed by atoms with Crippen LogP contribution in [0.3, 0.4) is 0 Å². The Labute approximate surface area is 143 Å². The van der Waals surface area contributed by atoms with Gasteiger partial charge in [-0.15, -0.1) is 0 Å². The van der Waals surface area contributed by atoms with Gasteiger partial charge in [-0.1, -0.05) is 0 Å². The summed E-state index contributed by atoms with van der Waals surface area (Å²) in [5.74, 6) is -0.482. The van der Waals surface area contributed by atoms with Gasteiger partial charge in [-0.3, -0.25) is 0 Å². The average Bonchev–Trinajstić information content (AvgIpc) is 3.07. The molecule has 1 atom stereocenters. The van der Waals surface area contributed by atoms with Crippen molar-refractivity contribution in [1.29, 1.82) is 5.26 Å². The lowest BCUT2D eigenvalue weighted by Crippen LogP contribution is -2.37. The minimum Gasteiger partial charge on any atom is -0.530 e. The second kappa shape index (κ2) is 7.80. The molecule has 0 aliphatic rings. The number of hydrogen-bond acceptors (Lipinski definition) is 7. The molecule has 2 aromatic rings. The number of nitrogens with one attached hydrogen (secondary N) is 1. The summed E-state index contributed by atoms with van der Waals surface area (Å²) in [6, 6.07) is 4.94. The topological polar surface area (TPSA) is 111 Å². The van der Waals surface area contributed by atoms with Crippen molar-refractivity contribution in [3.05, 3.63) is 40.5 Å². The Bertz CT molecular complexity index is 775. The fourth-order valence-corrected chi connectivity index (χ4v) is 2.51. The number of pyridine rings is 1. The molecule has 2 heterocycles. The molecule has 2 rings (SSSR count). The summed E-state index contributed by atoms with van der Waals surface area (Å²) in [5, 5.41) is 21.5. The van der Waals surface area contributed by atoms with E-state index in [4.69, 9.17) is 10.00 Å². The van der Waals surface area contributed by atoms with E-state index >= 15 is 0 Å². The van der Waals surface area contributed by atoms with Crippen molar-refractivity contribution in [2.24, 2.45) is 0 Å². The maximum Gasteiger partial charge on any atom is 0.433 e. The molecule has 0 spiro atoms. The molecule has 0 saturated heterocycles. The van der Waals surface area contributed by atoms with E-state index in [-0.39, 0.29) is 18.5 Å². The largest absolute Gasteiger partial charge is 0.530 e. The van der Waals surface area contributed by atoms with Gasteiger partial charge in [0.05, 0.1) is 4.88 Å². The number of carbonyl (C=O) groups excluding carboxylic acids is 1. The Morgan fingerprint density at radius 1 is 1.44 bits per heavy atom. The monoisotopic (exact) mass is 371 g/mol. The molecule has 0 aliphatic carbocycles. The van der Waals surface area contributed by atoms with Crippen molar-refractivity contribution in [3.8, 4) is 11.9 Å².